The molecule has 7 nitrogen and oxygen atoms in total. The first-order chi connectivity index (χ1) is 32.4. The monoisotopic (exact) mass is 939 g/mol. The standard InChI is InChI=1S/C16H14Cl2F2N2O.C16H16F2N2O2.B19.B6/c1-15(19,20)16(5-4-9-2-3-9)11-7-12(18)10(8-17)6-13(11)21-14(23)22-16;1-15(17,18)16(7-6-10-2-3-10)12-5-4-11(9-21)8-13(12)19-14(22)20-16;1-11-16(10)19(17(12(2)3)13(4)5)18(14(6)7)15(8)9;1-5(2)6(3)4/h6-7,9H,2-3,8H2,1H3,(H2,21,22,23);4-5,8,10,21H,2-3,9H2,1H3,(H2,19,20,22);;. The third-order valence-electron chi connectivity index (χ3n) is 11.7. The average molecular weight is 936 g/mol. The van der Waals surface area contributed by atoms with Crippen LogP contribution in [0.3, 0.4) is 0 Å². The normalized spacial score (nSPS) is 18.2. The van der Waals surface area contributed by atoms with E-state index in [-0.39, 0.29) is 51.8 Å². The Morgan fingerprint density at radius 1 is 0.671 bits per heavy atom. The Morgan fingerprint density at radius 2 is 1.07 bits per heavy atom. The highest BCUT2D eigenvalue weighted by Crippen LogP contribution is 2.46. The van der Waals surface area contributed by atoms with E-state index in [1.807, 2.05) is 0 Å². The van der Waals surface area contributed by atoms with Crippen LogP contribution < -0.4 is 21.3 Å². The van der Waals surface area contributed by atoms with Crippen LogP contribution in [0.1, 0.15) is 61.8 Å². The molecule has 70 heavy (non-hydrogen) atoms. The molecule has 2 aliphatic heterocycles. The van der Waals surface area contributed by atoms with E-state index in [1.165, 1.54) is 31.3 Å². The number of halogens is 6. The second kappa shape index (κ2) is 26.5. The van der Waals surface area contributed by atoms with Gasteiger partial charge in [0.05, 0.1) is 6.61 Å². The fourth-order valence-corrected chi connectivity index (χ4v) is 7.98. The SMILES string of the molecule is CC(F)(F)C1(C#CC2CC2)NC(=O)Nc2cc(CCl)c(Cl)cc21.CC(F)(F)C1(C#CC2CC2)NC(=O)Nc2cc(CO)ccc21.[B]B([B])B([B])[B].[B][B]B([B])B(B(B([B])[B])B([B])[B])B(B([B])[B])B([B])[B]. The van der Waals surface area contributed by atoms with Crippen LogP contribution in [0.2, 0.25) is 5.02 Å². The lowest BCUT2D eigenvalue weighted by Crippen LogP contribution is -2.79. The number of hydrogen-bond acceptors (Lipinski definition) is 3. The smallest absolute Gasteiger partial charge is 0.320 e. The maximum absolute atomic E-state index is 14.5. The highest BCUT2D eigenvalue weighted by atomic mass is 35.5. The van der Waals surface area contributed by atoms with Crippen LogP contribution >= 0.6 is 23.2 Å². The van der Waals surface area contributed by atoms with Crippen LogP contribution in [0.4, 0.5) is 38.5 Å². The Labute approximate surface area is 444 Å². The number of aliphatic hydroxyl groups excluding tert-OH is 1. The van der Waals surface area contributed by atoms with Crippen molar-refractivity contribution in [3.05, 3.63) is 57.6 Å². The number of aliphatic hydroxyl groups is 1. The quantitative estimate of drug-likeness (QED) is 0.0668. The molecular formula is C32H30B25Cl2F4N4O3. The number of amides is 4. The van der Waals surface area contributed by atoms with Crippen LogP contribution in [0.15, 0.2) is 30.3 Å². The number of hydrogen-bond donors (Lipinski definition) is 5. The molecule has 38 heteroatoms. The van der Waals surface area contributed by atoms with Gasteiger partial charge >= 0.3 is 12.1 Å². The van der Waals surface area contributed by atoms with Gasteiger partial charge in [0.25, 0.3) is 11.8 Å². The number of nitrogens with one attached hydrogen (secondary N) is 4. The lowest BCUT2D eigenvalue weighted by atomic mass is 8.40. The molecule has 2 aromatic carbocycles. The van der Waals surface area contributed by atoms with Crippen molar-refractivity contribution >= 4 is 226 Å². The van der Waals surface area contributed by atoms with Crippen LogP contribution in [-0.2, 0) is 23.6 Å². The maximum atomic E-state index is 14.5. The zero-order valence-corrected chi connectivity index (χ0v) is 40.3. The van der Waals surface area contributed by atoms with Crippen molar-refractivity contribution < 1.29 is 32.3 Å². The molecule has 4 aliphatic rings. The summed E-state index contributed by atoms with van der Waals surface area (Å²) < 4.78 is 57.7. The van der Waals surface area contributed by atoms with Gasteiger partial charge < -0.3 is 26.4 Å². The van der Waals surface area contributed by atoms with E-state index in [4.69, 9.17) is 132 Å². The molecule has 2 saturated carbocycles. The van der Waals surface area contributed by atoms with Crippen LogP contribution in [0, 0.1) is 35.5 Å². The first-order valence-corrected chi connectivity index (χ1v) is 22.8. The largest absolute Gasteiger partial charge is 0.392 e. The zero-order chi connectivity index (χ0) is 53.3. The van der Waals surface area contributed by atoms with Gasteiger partial charge in [-0.1, -0.05) is 47.4 Å². The summed E-state index contributed by atoms with van der Waals surface area (Å²) in [6.07, 6.45) is -3.32. The van der Waals surface area contributed by atoms with E-state index >= 15 is 0 Å². The molecule has 2 unspecified atom stereocenters. The Balaban J connectivity index is 0.000000263. The summed E-state index contributed by atoms with van der Waals surface area (Å²) in [6, 6.07) is 5.99. The number of rotatable bonds is 13. The molecule has 2 atom stereocenters. The molecule has 2 aliphatic carbocycles. The average Bonchev–Trinajstić information content (AvgIpc) is 4.20. The lowest BCUT2D eigenvalue weighted by Gasteiger charge is -2.41. The summed E-state index contributed by atoms with van der Waals surface area (Å²) in [4.78, 5) is 23.8. The molecule has 5 N–H and O–H groups in total. The van der Waals surface area contributed by atoms with Gasteiger partial charge in [0.2, 0.25) is 0 Å². The van der Waals surface area contributed by atoms with E-state index in [0.717, 1.165) is 39.5 Å². The molecule has 2 aromatic rings. The van der Waals surface area contributed by atoms with Crippen molar-refractivity contribution in [3.8, 4) is 23.7 Å². The van der Waals surface area contributed by atoms with E-state index in [1.54, 1.807) is 6.07 Å². The summed E-state index contributed by atoms with van der Waals surface area (Å²) in [6.45, 7) is 1.26. The number of carbonyl (C=O) groups is 2. The highest BCUT2D eigenvalue weighted by molar-refractivity contribution is 8.18. The summed E-state index contributed by atoms with van der Waals surface area (Å²) in [5, 5.41) is 19.1. The second-order valence-electron chi connectivity index (χ2n) is 17.6. The first-order valence-electron chi connectivity index (χ1n) is 21.9. The van der Waals surface area contributed by atoms with Crippen LogP contribution in [0.5, 0.6) is 0 Å². The maximum Gasteiger partial charge on any atom is 0.320 e. The number of carbonyl (C=O) groups excluding carboxylic acids is 2. The third-order valence-corrected chi connectivity index (χ3v) is 12.3. The fraction of sp³-hybridized carbons (Fsp3) is 0.438. The van der Waals surface area contributed by atoms with Crippen molar-refractivity contribution in [2.24, 2.45) is 11.8 Å². The number of alkyl halides is 5. The zero-order valence-electron chi connectivity index (χ0n) is 38.7. The minimum Gasteiger partial charge on any atom is -0.392 e. The molecular weight excluding hydrogens is 906 g/mol. The van der Waals surface area contributed by atoms with E-state index in [0.29, 0.717) is 11.1 Å². The highest BCUT2D eigenvalue weighted by Gasteiger charge is 2.56. The Bertz CT molecular complexity index is 2200. The van der Waals surface area contributed by atoms with Gasteiger partial charge in [-0.2, -0.15) is 0 Å². The predicted molar refractivity (Wildman–Crippen MR) is 307 cm³/mol. The fourth-order valence-electron chi connectivity index (χ4n) is 7.46. The number of fused-ring (bicyclic) bond motifs is 2. The minimum absolute atomic E-state index is 0.110. The van der Waals surface area contributed by atoms with Crippen molar-refractivity contribution in [1.82, 2.24) is 10.6 Å². The van der Waals surface area contributed by atoms with Crippen molar-refractivity contribution in [2.45, 2.75) is 74.9 Å². The van der Waals surface area contributed by atoms with Gasteiger partial charge in [-0.15, -0.1) is 11.6 Å². The van der Waals surface area contributed by atoms with Crippen molar-refractivity contribution in [2.75, 3.05) is 10.6 Å². The number of benzene rings is 2. The van der Waals surface area contributed by atoms with Gasteiger partial charge in [-0.25, -0.2) is 27.2 Å². The molecule has 4 amide bonds. The Hall–Kier alpha value is -2.02. The van der Waals surface area contributed by atoms with Gasteiger partial charge in [0.1, 0.15) is 0 Å². The van der Waals surface area contributed by atoms with Gasteiger partial charge in [-0.3, -0.25) is 0 Å². The van der Waals surface area contributed by atoms with Crippen molar-refractivity contribution in [1.29, 1.82) is 0 Å². The van der Waals surface area contributed by atoms with E-state index < -0.39 is 98.8 Å². The minimum atomic E-state index is -3.30. The predicted octanol–water partition coefficient (Wildman–Crippen LogP) is -2.46. The van der Waals surface area contributed by atoms with Gasteiger partial charge in [0, 0.05) is 238 Å². The van der Waals surface area contributed by atoms with Gasteiger partial charge in [0.15, 0.2) is 11.1 Å². The number of anilines is 2. The molecule has 0 spiro atoms. The Kier molecular flexibility index (Phi) is 23.5. The molecule has 2 fully saturated rings. The van der Waals surface area contributed by atoms with Crippen LogP contribution in [-0.4, -0.2) is 208 Å². The van der Waals surface area contributed by atoms with E-state index in [2.05, 4.69) is 44.9 Å². The first kappa shape index (κ1) is 62.3. The molecule has 0 aromatic heterocycles. The molecule has 29 radical (unpaired) electrons. The van der Waals surface area contributed by atoms with Crippen LogP contribution in [0.25, 0.3) is 0 Å². The Morgan fingerprint density at radius 3 is 1.40 bits per heavy atom. The topological polar surface area (TPSA) is 102 Å². The van der Waals surface area contributed by atoms with E-state index in [9.17, 15) is 32.3 Å². The molecule has 2 heterocycles. The molecule has 0 bridgehead atoms. The summed E-state index contributed by atoms with van der Waals surface area (Å²) in [5.41, 5.74) is -2.21. The summed E-state index contributed by atoms with van der Waals surface area (Å²) in [5.74, 6) is 4.73. The lowest BCUT2D eigenvalue weighted by molar-refractivity contribution is -0.0467. The molecule has 313 valence electrons. The number of urea groups is 2. The second-order valence-corrected chi connectivity index (χ2v) is 18.3. The molecule has 0 saturated heterocycles. The van der Waals surface area contributed by atoms with Gasteiger partial charge in [-0.05, 0) is 55.0 Å². The summed E-state index contributed by atoms with van der Waals surface area (Å²) in [7, 11) is 78.2. The summed E-state index contributed by atoms with van der Waals surface area (Å²) >= 11 is 11.9. The third kappa shape index (κ3) is 16.2. The van der Waals surface area contributed by atoms with Crippen molar-refractivity contribution in [3.63, 3.8) is 0 Å². The molecule has 6 rings (SSSR count).